The lowest BCUT2D eigenvalue weighted by Gasteiger charge is -2.38. The van der Waals surface area contributed by atoms with E-state index in [1.165, 1.54) is 16.5 Å². The van der Waals surface area contributed by atoms with Crippen LogP contribution in [0.1, 0.15) is 49.2 Å². The van der Waals surface area contributed by atoms with Crippen LogP contribution >= 0.6 is 11.3 Å². The topological polar surface area (TPSA) is 44.8 Å². The molecular formula is C30H38FN3O2S. The van der Waals surface area contributed by atoms with Crippen molar-refractivity contribution in [2.24, 2.45) is 0 Å². The van der Waals surface area contributed by atoms with E-state index in [0.29, 0.717) is 12.1 Å². The number of amides is 1. The quantitative estimate of drug-likeness (QED) is 0.313. The van der Waals surface area contributed by atoms with Gasteiger partial charge in [-0.15, -0.1) is 11.3 Å². The van der Waals surface area contributed by atoms with Gasteiger partial charge in [0.15, 0.2) is 0 Å². The molecule has 0 aliphatic carbocycles. The Bertz CT molecular complexity index is 1120. The molecule has 37 heavy (non-hydrogen) atoms. The summed E-state index contributed by atoms with van der Waals surface area (Å²) in [7, 11) is 1.97. The highest BCUT2D eigenvalue weighted by Crippen LogP contribution is 2.31. The second-order valence-electron chi connectivity index (χ2n) is 9.51. The lowest BCUT2D eigenvalue weighted by Crippen LogP contribution is -2.48. The van der Waals surface area contributed by atoms with Crippen LogP contribution < -0.4 is 15.0 Å². The standard InChI is InChI=1S/C30H38FN3O2S/c1-3-30(35)34(26-11-6-5-10-25(26)31)24-16-20-33(21-17-24)19-15-23-9-4-7-12-27(23)36-28(14-18-32-2)29-13-8-22-37-29/h4-13,22,24,28,32H,3,14-21H2,1-2H3. The number of anilines is 1. The predicted octanol–water partition coefficient (Wildman–Crippen LogP) is 6.07. The van der Waals surface area contributed by atoms with Crippen LogP contribution in [0.15, 0.2) is 66.0 Å². The Balaban J connectivity index is 1.36. The van der Waals surface area contributed by atoms with Gasteiger partial charge in [0.1, 0.15) is 17.7 Å². The number of hydrogen-bond acceptors (Lipinski definition) is 5. The maximum atomic E-state index is 14.5. The fourth-order valence-electron chi connectivity index (χ4n) is 5.02. The molecule has 1 aliphatic rings. The SMILES string of the molecule is CCC(=O)N(c1ccccc1F)C1CCN(CCc2ccccc2OC(CCNC)c2cccs2)CC1. The van der Waals surface area contributed by atoms with Crippen molar-refractivity contribution in [2.75, 3.05) is 38.1 Å². The molecule has 1 aromatic heterocycles. The van der Waals surface area contributed by atoms with Gasteiger partial charge in [-0.05, 0) is 68.1 Å². The van der Waals surface area contributed by atoms with Crippen LogP contribution in [0.5, 0.6) is 5.75 Å². The number of nitrogens with zero attached hydrogens (tertiary/aromatic N) is 2. The van der Waals surface area contributed by atoms with E-state index < -0.39 is 0 Å². The van der Waals surface area contributed by atoms with E-state index in [4.69, 9.17) is 4.74 Å². The highest BCUT2D eigenvalue weighted by molar-refractivity contribution is 7.10. The van der Waals surface area contributed by atoms with Crippen molar-refractivity contribution < 1.29 is 13.9 Å². The number of ether oxygens (including phenoxy) is 1. The molecule has 1 fully saturated rings. The van der Waals surface area contributed by atoms with Crippen molar-refractivity contribution in [1.82, 2.24) is 10.2 Å². The van der Waals surface area contributed by atoms with Crippen LogP contribution in [0.25, 0.3) is 0 Å². The number of hydrogen-bond donors (Lipinski definition) is 1. The number of piperidine rings is 1. The van der Waals surface area contributed by atoms with Gasteiger partial charge in [0.05, 0.1) is 5.69 Å². The summed E-state index contributed by atoms with van der Waals surface area (Å²) in [6.07, 6.45) is 3.88. The monoisotopic (exact) mass is 523 g/mol. The molecule has 0 bridgehead atoms. The predicted molar refractivity (Wildman–Crippen MR) is 150 cm³/mol. The van der Waals surface area contributed by atoms with Crippen molar-refractivity contribution in [3.63, 3.8) is 0 Å². The van der Waals surface area contributed by atoms with Crippen molar-refractivity contribution in [3.8, 4) is 5.75 Å². The first-order valence-corrected chi connectivity index (χ1v) is 14.2. The maximum Gasteiger partial charge on any atom is 0.227 e. The fourth-order valence-corrected chi connectivity index (χ4v) is 5.81. The third-order valence-corrected chi connectivity index (χ3v) is 8.03. The Labute approximate surface area is 224 Å². The number of carbonyl (C=O) groups excluding carboxylic acids is 1. The van der Waals surface area contributed by atoms with Gasteiger partial charge in [0, 0.05) is 43.4 Å². The molecule has 0 saturated carbocycles. The molecule has 1 atom stereocenters. The Morgan fingerprint density at radius 2 is 1.89 bits per heavy atom. The zero-order valence-electron chi connectivity index (χ0n) is 21.9. The first kappa shape index (κ1) is 27.3. The van der Waals surface area contributed by atoms with Gasteiger partial charge in [0.2, 0.25) is 5.91 Å². The molecule has 198 valence electrons. The van der Waals surface area contributed by atoms with Gasteiger partial charge in [-0.25, -0.2) is 4.39 Å². The van der Waals surface area contributed by atoms with Crippen LogP contribution in [0.2, 0.25) is 0 Å². The van der Waals surface area contributed by atoms with Gasteiger partial charge < -0.3 is 19.9 Å². The second kappa shape index (κ2) is 13.7. The second-order valence-corrected chi connectivity index (χ2v) is 10.5. The maximum absolute atomic E-state index is 14.5. The van der Waals surface area contributed by atoms with Crippen LogP contribution in [0.4, 0.5) is 10.1 Å². The Morgan fingerprint density at radius 1 is 1.14 bits per heavy atom. The first-order valence-electron chi connectivity index (χ1n) is 13.3. The van der Waals surface area contributed by atoms with Gasteiger partial charge in [-0.3, -0.25) is 4.79 Å². The van der Waals surface area contributed by atoms with Gasteiger partial charge in [-0.2, -0.15) is 0 Å². The van der Waals surface area contributed by atoms with Crippen LogP contribution in [0.3, 0.4) is 0 Å². The lowest BCUT2D eigenvalue weighted by molar-refractivity contribution is -0.119. The largest absolute Gasteiger partial charge is 0.485 e. The third-order valence-electron chi connectivity index (χ3n) is 7.06. The average molecular weight is 524 g/mol. The zero-order valence-corrected chi connectivity index (χ0v) is 22.7. The summed E-state index contributed by atoms with van der Waals surface area (Å²) in [5, 5.41) is 5.34. The van der Waals surface area contributed by atoms with Crippen LogP contribution in [-0.4, -0.2) is 50.1 Å². The zero-order chi connectivity index (χ0) is 26.0. The first-order chi connectivity index (χ1) is 18.1. The molecule has 1 N–H and O–H groups in total. The van der Waals surface area contributed by atoms with E-state index in [0.717, 1.165) is 57.6 Å². The molecule has 5 nitrogen and oxygen atoms in total. The Kier molecular flexibility index (Phi) is 10.1. The van der Waals surface area contributed by atoms with E-state index in [9.17, 15) is 9.18 Å². The normalized spacial score (nSPS) is 15.4. The number of likely N-dealkylation sites (tertiary alicyclic amines) is 1. The van der Waals surface area contributed by atoms with E-state index in [1.807, 2.05) is 20.0 Å². The van der Waals surface area contributed by atoms with Crippen molar-refractivity contribution in [2.45, 2.75) is 51.2 Å². The molecule has 3 aromatic rings. The fraction of sp³-hybridized carbons (Fsp3) is 0.433. The Hall–Kier alpha value is -2.74. The Morgan fingerprint density at radius 3 is 2.59 bits per heavy atom. The summed E-state index contributed by atoms with van der Waals surface area (Å²) in [6.45, 7) is 5.43. The van der Waals surface area contributed by atoms with Crippen molar-refractivity contribution in [3.05, 3.63) is 82.3 Å². The number of thiophene rings is 1. The number of benzene rings is 2. The van der Waals surface area contributed by atoms with Crippen molar-refractivity contribution >= 4 is 22.9 Å². The molecule has 1 unspecified atom stereocenters. The summed E-state index contributed by atoms with van der Waals surface area (Å²) >= 11 is 1.74. The molecule has 2 aromatic carbocycles. The highest BCUT2D eigenvalue weighted by Gasteiger charge is 2.30. The lowest BCUT2D eigenvalue weighted by atomic mass is 10.0. The smallest absolute Gasteiger partial charge is 0.227 e. The molecule has 1 amide bonds. The minimum atomic E-state index is -0.334. The molecular weight excluding hydrogens is 485 g/mol. The number of para-hydroxylation sites is 2. The summed E-state index contributed by atoms with van der Waals surface area (Å²) in [5.74, 6) is 0.596. The summed E-state index contributed by atoms with van der Waals surface area (Å²) < 4.78 is 21.1. The molecule has 7 heteroatoms. The highest BCUT2D eigenvalue weighted by atomic mass is 32.1. The van der Waals surface area contributed by atoms with E-state index in [-0.39, 0.29) is 23.9 Å². The number of halogens is 1. The molecule has 0 spiro atoms. The van der Waals surface area contributed by atoms with E-state index in [2.05, 4.69) is 45.9 Å². The third kappa shape index (κ3) is 7.18. The van der Waals surface area contributed by atoms with Crippen molar-refractivity contribution in [1.29, 1.82) is 0 Å². The van der Waals surface area contributed by atoms with Crippen LogP contribution in [0, 0.1) is 5.82 Å². The minimum Gasteiger partial charge on any atom is -0.485 e. The van der Waals surface area contributed by atoms with E-state index in [1.54, 1.807) is 34.4 Å². The minimum absolute atomic E-state index is 0.0202. The molecule has 4 rings (SSSR count). The van der Waals surface area contributed by atoms with Gasteiger partial charge in [-0.1, -0.05) is 43.3 Å². The number of rotatable bonds is 12. The number of carbonyl (C=O) groups is 1. The van der Waals surface area contributed by atoms with E-state index >= 15 is 0 Å². The van der Waals surface area contributed by atoms with Gasteiger partial charge >= 0.3 is 0 Å². The number of nitrogens with one attached hydrogen (secondary N) is 1. The van der Waals surface area contributed by atoms with Crippen LogP contribution in [-0.2, 0) is 11.2 Å². The summed E-state index contributed by atoms with van der Waals surface area (Å²) in [5.41, 5.74) is 1.61. The summed E-state index contributed by atoms with van der Waals surface area (Å²) in [4.78, 5) is 18.2. The van der Waals surface area contributed by atoms with Gasteiger partial charge in [0.25, 0.3) is 0 Å². The average Bonchev–Trinajstić information content (AvgIpc) is 3.47. The molecule has 0 radical (unpaired) electrons. The summed E-state index contributed by atoms with van der Waals surface area (Å²) in [6, 6.07) is 19.2. The molecule has 2 heterocycles. The molecule has 1 saturated heterocycles. The molecule has 1 aliphatic heterocycles.